The van der Waals surface area contributed by atoms with Crippen molar-refractivity contribution in [3.63, 3.8) is 0 Å². The molecule has 2 aromatic heterocycles. The summed E-state index contributed by atoms with van der Waals surface area (Å²) in [6.07, 6.45) is 10.0. The second-order valence-corrected chi connectivity index (χ2v) is 9.06. The lowest BCUT2D eigenvalue weighted by molar-refractivity contribution is 0.0732. The maximum atomic E-state index is 13.5. The summed E-state index contributed by atoms with van der Waals surface area (Å²) >= 11 is 0. The molecule has 1 amide bonds. The van der Waals surface area contributed by atoms with Gasteiger partial charge in [-0.3, -0.25) is 14.8 Å². The van der Waals surface area contributed by atoms with Crippen molar-refractivity contribution in [1.29, 1.82) is 0 Å². The molecule has 0 N–H and O–H groups in total. The molecule has 1 aliphatic heterocycles. The van der Waals surface area contributed by atoms with Crippen LogP contribution in [0.1, 0.15) is 63.1 Å². The van der Waals surface area contributed by atoms with E-state index in [4.69, 9.17) is 4.98 Å². The molecule has 34 heavy (non-hydrogen) atoms. The lowest BCUT2D eigenvalue weighted by atomic mass is 10.1. The average molecular weight is 452 g/mol. The largest absolute Gasteiger partial charge is 0.331 e. The molecule has 0 aliphatic carbocycles. The number of imidazole rings is 1. The molecule has 1 saturated heterocycles. The van der Waals surface area contributed by atoms with Crippen LogP contribution in [-0.2, 0) is 13.0 Å². The Morgan fingerprint density at radius 3 is 2.74 bits per heavy atom. The predicted molar refractivity (Wildman–Crippen MR) is 132 cm³/mol. The maximum absolute atomic E-state index is 13.5. The van der Waals surface area contributed by atoms with E-state index in [-0.39, 0.29) is 11.9 Å². The number of carbonyl (C=O) groups is 1. The molecule has 2 aromatic carbocycles. The molecule has 5 rings (SSSR count). The minimum atomic E-state index is -0.0444. The fourth-order valence-corrected chi connectivity index (χ4v) is 4.75. The van der Waals surface area contributed by atoms with E-state index in [9.17, 15) is 4.79 Å². The van der Waals surface area contributed by atoms with Crippen molar-refractivity contribution in [2.45, 2.75) is 45.7 Å². The molecular weight excluding hydrogens is 422 g/mol. The van der Waals surface area contributed by atoms with Gasteiger partial charge in [-0.25, -0.2) is 4.98 Å². The van der Waals surface area contributed by atoms with Gasteiger partial charge in [0.05, 0.1) is 23.6 Å². The molecule has 172 valence electrons. The Balaban J connectivity index is 1.34. The molecule has 0 radical (unpaired) electrons. The fourth-order valence-electron chi connectivity index (χ4n) is 4.75. The molecule has 1 atom stereocenters. The van der Waals surface area contributed by atoms with Gasteiger partial charge in [-0.1, -0.05) is 42.0 Å². The number of benzene rings is 2. The van der Waals surface area contributed by atoms with E-state index >= 15 is 0 Å². The van der Waals surface area contributed by atoms with Gasteiger partial charge in [-0.2, -0.15) is 0 Å². The quantitative estimate of drug-likeness (QED) is 0.418. The highest BCUT2D eigenvalue weighted by Crippen LogP contribution is 2.32. The van der Waals surface area contributed by atoms with Gasteiger partial charge in [0.15, 0.2) is 0 Å². The van der Waals surface area contributed by atoms with Gasteiger partial charge in [0.1, 0.15) is 5.82 Å². The number of hydrogen-bond donors (Lipinski definition) is 0. The Morgan fingerprint density at radius 2 is 1.91 bits per heavy atom. The smallest absolute Gasteiger partial charge is 0.254 e. The summed E-state index contributed by atoms with van der Waals surface area (Å²) in [6.45, 7) is 5.51. The number of amides is 1. The number of rotatable bonds is 6. The number of hydrogen-bond acceptors (Lipinski definition) is 4. The Bertz CT molecular complexity index is 1310. The average Bonchev–Trinajstić information content (AvgIpc) is 3.48. The number of nitrogens with zero attached hydrogens (tertiary/aromatic N) is 5. The van der Waals surface area contributed by atoms with Crippen LogP contribution >= 0.6 is 0 Å². The van der Waals surface area contributed by atoms with E-state index < -0.39 is 0 Å². The second-order valence-electron chi connectivity index (χ2n) is 9.06. The fraction of sp³-hybridized carbons (Fsp3) is 0.286. The van der Waals surface area contributed by atoms with Crippen molar-refractivity contribution in [2.24, 2.45) is 0 Å². The molecule has 0 unspecified atom stereocenters. The van der Waals surface area contributed by atoms with Gasteiger partial charge in [0.2, 0.25) is 0 Å². The Kier molecular flexibility index (Phi) is 6.21. The van der Waals surface area contributed by atoms with Crippen LogP contribution in [0.2, 0.25) is 0 Å². The van der Waals surface area contributed by atoms with Gasteiger partial charge in [-0.15, -0.1) is 0 Å². The van der Waals surface area contributed by atoms with E-state index in [0.29, 0.717) is 12.1 Å². The lowest BCUT2D eigenvalue weighted by Crippen LogP contribution is -2.31. The third-order valence-corrected chi connectivity index (χ3v) is 6.48. The van der Waals surface area contributed by atoms with Gasteiger partial charge in [0, 0.05) is 43.7 Å². The standard InChI is InChI=1S/C28H29N5O/c1-20-6-3-7-22(14-20)16-25-17-29-18-26(31-25)27-10-5-12-33(27)28(34)24-9-4-8-23(15-24)19-32-13-11-30-21(32)2/h3-4,6-9,11,13-15,17-18,27H,5,10,12,16,19H2,1-2H3/t27-/m1/s1. The van der Waals surface area contributed by atoms with Crippen LogP contribution in [0.4, 0.5) is 0 Å². The highest BCUT2D eigenvalue weighted by Gasteiger charge is 2.32. The van der Waals surface area contributed by atoms with E-state index in [1.807, 2.05) is 48.6 Å². The molecule has 0 bridgehead atoms. The van der Waals surface area contributed by atoms with Crippen molar-refractivity contribution in [3.05, 3.63) is 113 Å². The van der Waals surface area contributed by atoms with Crippen molar-refractivity contribution in [3.8, 4) is 0 Å². The summed E-state index contributed by atoms with van der Waals surface area (Å²) < 4.78 is 2.08. The first kappa shape index (κ1) is 22.0. The summed E-state index contributed by atoms with van der Waals surface area (Å²) in [7, 11) is 0. The minimum Gasteiger partial charge on any atom is -0.331 e. The predicted octanol–water partition coefficient (Wildman–Crippen LogP) is 4.91. The summed E-state index contributed by atoms with van der Waals surface area (Å²) in [5, 5.41) is 0. The van der Waals surface area contributed by atoms with E-state index in [2.05, 4.69) is 51.8 Å². The summed E-state index contributed by atoms with van der Waals surface area (Å²) in [6, 6.07) is 16.3. The van der Waals surface area contributed by atoms with Gasteiger partial charge in [-0.05, 0) is 49.9 Å². The van der Waals surface area contributed by atoms with Crippen LogP contribution in [0, 0.1) is 13.8 Å². The highest BCUT2D eigenvalue weighted by molar-refractivity contribution is 5.94. The zero-order valence-electron chi connectivity index (χ0n) is 19.7. The molecule has 6 heteroatoms. The molecule has 4 aromatic rings. The SMILES string of the molecule is Cc1cccc(Cc2cncc([C@H]3CCCN3C(=O)c3cccc(Cn4ccnc4C)c3)n2)c1. The minimum absolute atomic E-state index is 0.0444. The Morgan fingerprint density at radius 1 is 1.06 bits per heavy atom. The molecule has 0 saturated carbocycles. The van der Waals surface area contributed by atoms with Crippen LogP contribution in [0.15, 0.2) is 73.3 Å². The van der Waals surface area contributed by atoms with E-state index in [0.717, 1.165) is 48.6 Å². The molecular formula is C28H29N5O. The maximum Gasteiger partial charge on any atom is 0.254 e. The van der Waals surface area contributed by atoms with Crippen molar-refractivity contribution < 1.29 is 4.79 Å². The summed E-state index contributed by atoms with van der Waals surface area (Å²) in [4.78, 5) is 29.2. The third kappa shape index (κ3) is 4.76. The van der Waals surface area contributed by atoms with E-state index in [1.54, 1.807) is 6.20 Å². The second kappa shape index (κ2) is 9.59. The zero-order chi connectivity index (χ0) is 23.5. The van der Waals surface area contributed by atoms with Crippen LogP contribution in [0.5, 0.6) is 0 Å². The highest BCUT2D eigenvalue weighted by atomic mass is 16.2. The topological polar surface area (TPSA) is 63.9 Å². The zero-order valence-corrected chi connectivity index (χ0v) is 19.7. The van der Waals surface area contributed by atoms with Crippen LogP contribution in [0.25, 0.3) is 0 Å². The Hall–Kier alpha value is -3.80. The van der Waals surface area contributed by atoms with E-state index in [1.165, 1.54) is 11.1 Å². The first-order chi connectivity index (χ1) is 16.6. The lowest BCUT2D eigenvalue weighted by Gasteiger charge is -2.25. The van der Waals surface area contributed by atoms with Crippen LogP contribution in [0.3, 0.4) is 0 Å². The first-order valence-electron chi connectivity index (χ1n) is 11.8. The van der Waals surface area contributed by atoms with Crippen molar-refractivity contribution in [2.75, 3.05) is 6.54 Å². The number of aryl methyl sites for hydroxylation is 2. The molecule has 1 aliphatic rings. The molecule has 1 fully saturated rings. The van der Waals surface area contributed by atoms with Crippen molar-refractivity contribution >= 4 is 5.91 Å². The van der Waals surface area contributed by atoms with Gasteiger partial charge < -0.3 is 9.47 Å². The number of carbonyl (C=O) groups excluding carboxylic acids is 1. The van der Waals surface area contributed by atoms with Crippen molar-refractivity contribution in [1.82, 2.24) is 24.4 Å². The van der Waals surface area contributed by atoms with Crippen LogP contribution < -0.4 is 0 Å². The summed E-state index contributed by atoms with van der Waals surface area (Å²) in [5.74, 6) is 1.01. The molecule has 3 heterocycles. The monoisotopic (exact) mass is 451 g/mol. The first-order valence-corrected chi connectivity index (χ1v) is 11.8. The number of likely N-dealkylation sites (tertiary alicyclic amines) is 1. The summed E-state index contributed by atoms with van der Waals surface area (Å²) in [5.41, 5.74) is 6.06. The van der Waals surface area contributed by atoms with Crippen LogP contribution in [-0.4, -0.2) is 36.9 Å². The van der Waals surface area contributed by atoms with Gasteiger partial charge in [0.25, 0.3) is 5.91 Å². The third-order valence-electron chi connectivity index (χ3n) is 6.48. The normalized spacial score (nSPS) is 15.6. The Labute approximate surface area is 200 Å². The molecule has 0 spiro atoms. The van der Waals surface area contributed by atoms with Gasteiger partial charge >= 0.3 is 0 Å². The number of aromatic nitrogens is 4. The molecule has 6 nitrogen and oxygen atoms in total.